The van der Waals surface area contributed by atoms with Gasteiger partial charge in [0.1, 0.15) is 5.52 Å². The highest BCUT2D eigenvalue weighted by atomic mass is 16.5. The first-order valence-electron chi connectivity index (χ1n) is 7.65. The van der Waals surface area contributed by atoms with E-state index in [9.17, 15) is 4.79 Å². The minimum atomic E-state index is -0.302. The molecule has 0 saturated carbocycles. The van der Waals surface area contributed by atoms with Gasteiger partial charge < -0.3 is 4.74 Å². The number of rotatable bonds is 4. The summed E-state index contributed by atoms with van der Waals surface area (Å²) in [5, 5.41) is 8.46. The largest absolute Gasteiger partial charge is 0.462 e. The molecule has 0 spiro atoms. The van der Waals surface area contributed by atoms with Crippen molar-refractivity contribution in [1.29, 1.82) is 0 Å². The van der Waals surface area contributed by atoms with Gasteiger partial charge in [-0.3, -0.25) is 0 Å². The first-order chi connectivity index (χ1) is 11.1. The van der Waals surface area contributed by atoms with Crippen LogP contribution in [0.5, 0.6) is 0 Å². The number of aryl methyl sites for hydroxylation is 2. The van der Waals surface area contributed by atoms with Crippen LogP contribution < -0.4 is 0 Å². The monoisotopic (exact) mass is 309 g/mol. The van der Waals surface area contributed by atoms with Gasteiger partial charge >= 0.3 is 5.97 Å². The molecule has 1 heterocycles. The second kappa shape index (κ2) is 6.20. The van der Waals surface area contributed by atoms with Crippen LogP contribution in [0.15, 0.2) is 36.4 Å². The molecule has 3 rings (SSSR count). The van der Waals surface area contributed by atoms with Gasteiger partial charge in [-0.15, -0.1) is 5.10 Å². The van der Waals surface area contributed by atoms with E-state index in [1.54, 1.807) is 13.0 Å². The third kappa shape index (κ3) is 3.08. The molecule has 0 atom stereocenters. The number of fused-ring (bicyclic) bond motifs is 1. The minimum absolute atomic E-state index is 0.302. The molecule has 0 fully saturated rings. The highest BCUT2D eigenvalue weighted by Gasteiger charge is 2.10. The molecule has 0 bridgehead atoms. The van der Waals surface area contributed by atoms with Gasteiger partial charge in [0.15, 0.2) is 0 Å². The number of esters is 1. The van der Waals surface area contributed by atoms with Gasteiger partial charge in [0.25, 0.3) is 0 Å². The fraction of sp³-hybridized carbons (Fsp3) is 0.278. The van der Waals surface area contributed by atoms with Crippen LogP contribution in [0.1, 0.15) is 34.0 Å². The van der Waals surface area contributed by atoms with Crippen LogP contribution in [0.2, 0.25) is 0 Å². The SMILES string of the molecule is CCOC(=O)c1cccc(Cn2nnc3cc(C)c(C)cc32)c1. The van der Waals surface area contributed by atoms with Crippen LogP contribution in [0, 0.1) is 13.8 Å². The zero-order chi connectivity index (χ0) is 16.4. The lowest BCUT2D eigenvalue weighted by atomic mass is 10.1. The minimum Gasteiger partial charge on any atom is -0.462 e. The second-order valence-electron chi connectivity index (χ2n) is 5.59. The van der Waals surface area contributed by atoms with Crippen molar-refractivity contribution >= 4 is 17.0 Å². The molecule has 0 aliphatic carbocycles. The average molecular weight is 309 g/mol. The van der Waals surface area contributed by atoms with E-state index >= 15 is 0 Å². The van der Waals surface area contributed by atoms with Gasteiger partial charge in [0.05, 0.1) is 24.2 Å². The molecular formula is C18H19N3O2. The van der Waals surface area contributed by atoms with Gasteiger partial charge in [-0.25, -0.2) is 9.48 Å². The molecule has 5 heteroatoms. The van der Waals surface area contributed by atoms with Crippen LogP contribution >= 0.6 is 0 Å². The van der Waals surface area contributed by atoms with Gasteiger partial charge in [-0.2, -0.15) is 0 Å². The van der Waals surface area contributed by atoms with E-state index in [-0.39, 0.29) is 5.97 Å². The molecule has 5 nitrogen and oxygen atoms in total. The van der Waals surface area contributed by atoms with Gasteiger partial charge in [0, 0.05) is 0 Å². The Balaban J connectivity index is 1.92. The van der Waals surface area contributed by atoms with Crippen LogP contribution in [0.25, 0.3) is 11.0 Å². The summed E-state index contributed by atoms with van der Waals surface area (Å²) < 4.78 is 6.90. The smallest absolute Gasteiger partial charge is 0.338 e. The fourth-order valence-corrected chi connectivity index (χ4v) is 2.52. The van der Waals surface area contributed by atoms with Crippen LogP contribution in [0.4, 0.5) is 0 Å². The third-order valence-electron chi connectivity index (χ3n) is 3.90. The Bertz CT molecular complexity index is 868. The maximum absolute atomic E-state index is 11.8. The summed E-state index contributed by atoms with van der Waals surface area (Å²) in [6, 6.07) is 11.6. The summed E-state index contributed by atoms with van der Waals surface area (Å²) in [7, 11) is 0. The van der Waals surface area contributed by atoms with Crippen molar-refractivity contribution in [2.75, 3.05) is 6.61 Å². The van der Waals surface area contributed by atoms with E-state index < -0.39 is 0 Å². The Kier molecular flexibility index (Phi) is 4.10. The van der Waals surface area contributed by atoms with Gasteiger partial charge in [0.2, 0.25) is 0 Å². The maximum Gasteiger partial charge on any atom is 0.338 e. The topological polar surface area (TPSA) is 57.0 Å². The van der Waals surface area contributed by atoms with Crippen molar-refractivity contribution in [2.24, 2.45) is 0 Å². The first kappa shape index (κ1) is 15.2. The number of aromatic nitrogens is 3. The Morgan fingerprint density at radius 2 is 1.96 bits per heavy atom. The molecule has 23 heavy (non-hydrogen) atoms. The van der Waals surface area contributed by atoms with E-state index in [1.165, 1.54) is 11.1 Å². The van der Waals surface area contributed by atoms with Crippen LogP contribution in [0.3, 0.4) is 0 Å². The van der Waals surface area contributed by atoms with Crippen molar-refractivity contribution in [1.82, 2.24) is 15.0 Å². The van der Waals surface area contributed by atoms with E-state index in [1.807, 2.05) is 28.9 Å². The van der Waals surface area contributed by atoms with E-state index in [0.29, 0.717) is 18.7 Å². The molecule has 0 aliphatic heterocycles. The molecule has 2 aromatic carbocycles. The van der Waals surface area contributed by atoms with Crippen molar-refractivity contribution in [3.63, 3.8) is 0 Å². The first-order valence-corrected chi connectivity index (χ1v) is 7.65. The molecule has 0 radical (unpaired) electrons. The van der Waals surface area contributed by atoms with Gasteiger partial charge in [-0.05, 0) is 61.7 Å². The van der Waals surface area contributed by atoms with Crippen molar-refractivity contribution in [3.05, 3.63) is 58.7 Å². The summed E-state index contributed by atoms with van der Waals surface area (Å²) in [5.41, 5.74) is 5.83. The molecule has 0 unspecified atom stereocenters. The Labute approximate surface area is 134 Å². The number of hydrogen-bond acceptors (Lipinski definition) is 4. The predicted molar refractivity (Wildman–Crippen MR) is 88.5 cm³/mol. The zero-order valence-corrected chi connectivity index (χ0v) is 13.5. The third-order valence-corrected chi connectivity index (χ3v) is 3.90. The molecule has 0 aliphatic rings. The van der Waals surface area contributed by atoms with Crippen molar-refractivity contribution in [3.8, 4) is 0 Å². The average Bonchev–Trinajstić information content (AvgIpc) is 2.90. The van der Waals surface area contributed by atoms with E-state index in [4.69, 9.17) is 4.74 Å². The Morgan fingerprint density at radius 3 is 2.74 bits per heavy atom. The number of carbonyl (C=O) groups is 1. The lowest BCUT2D eigenvalue weighted by molar-refractivity contribution is 0.0526. The number of ether oxygens (including phenoxy) is 1. The lowest BCUT2D eigenvalue weighted by Gasteiger charge is -2.07. The Morgan fingerprint density at radius 1 is 1.17 bits per heavy atom. The highest BCUT2D eigenvalue weighted by Crippen LogP contribution is 2.18. The molecule has 0 N–H and O–H groups in total. The number of nitrogens with zero attached hydrogens (tertiary/aromatic N) is 3. The fourth-order valence-electron chi connectivity index (χ4n) is 2.52. The summed E-state index contributed by atoms with van der Waals surface area (Å²) in [6.07, 6.45) is 0. The molecular weight excluding hydrogens is 290 g/mol. The number of carbonyl (C=O) groups excluding carboxylic acids is 1. The van der Waals surface area contributed by atoms with E-state index in [0.717, 1.165) is 16.6 Å². The molecule has 1 aromatic heterocycles. The summed E-state index contributed by atoms with van der Waals surface area (Å²) in [4.78, 5) is 11.8. The standard InChI is InChI=1S/C18H19N3O2/c1-4-23-18(22)15-7-5-6-14(10-15)11-21-17-9-13(3)12(2)8-16(17)19-20-21/h5-10H,4,11H2,1-3H3. The van der Waals surface area contributed by atoms with Gasteiger partial charge in [-0.1, -0.05) is 17.3 Å². The Hall–Kier alpha value is -2.69. The molecule has 0 amide bonds. The summed E-state index contributed by atoms with van der Waals surface area (Å²) in [6.45, 7) is 6.87. The van der Waals surface area contributed by atoms with Crippen molar-refractivity contribution < 1.29 is 9.53 Å². The summed E-state index contributed by atoms with van der Waals surface area (Å²) in [5.74, 6) is -0.302. The highest BCUT2D eigenvalue weighted by molar-refractivity contribution is 5.89. The number of benzene rings is 2. The number of hydrogen-bond donors (Lipinski definition) is 0. The quantitative estimate of drug-likeness (QED) is 0.694. The molecule has 3 aromatic rings. The van der Waals surface area contributed by atoms with Crippen LogP contribution in [-0.4, -0.2) is 27.6 Å². The van der Waals surface area contributed by atoms with Crippen molar-refractivity contribution in [2.45, 2.75) is 27.3 Å². The van der Waals surface area contributed by atoms with Crippen LogP contribution in [-0.2, 0) is 11.3 Å². The zero-order valence-electron chi connectivity index (χ0n) is 13.5. The summed E-state index contributed by atoms with van der Waals surface area (Å²) >= 11 is 0. The molecule has 118 valence electrons. The normalized spacial score (nSPS) is 10.9. The van der Waals surface area contributed by atoms with E-state index in [2.05, 4.69) is 30.2 Å². The molecule has 0 saturated heterocycles. The maximum atomic E-state index is 11.8. The lowest BCUT2D eigenvalue weighted by Crippen LogP contribution is -2.07. The predicted octanol–water partition coefficient (Wildman–Crippen LogP) is 3.27. The second-order valence-corrected chi connectivity index (χ2v) is 5.59.